The summed E-state index contributed by atoms with van der Waals surface area (Å²) in [5.74, 6) is 0.378. The zero-order chi connectivity index (χ0) is 14.4. The van der Waals surface area contributed by atoms with E-state index >= 15 is 0 Å². The molecule has 0 spiro atoms. The van der Waals surface area contributed by atoms with E-state index in [1.165, 1.54) is 23.3 Å². The summed E-state index contributed by atoms with van der Waals surface area (Å²) in [6.45, 7) is 0.869. The van der Waals surface area contributed by atoms with E-state index in [0.29, 0.717) is 18.5 Å². The van der Waals surface area contributed by atoms with E-state index < -0.39 is 0 Å². The molecule has 3 unspecified atom stereocenters. The lowest BCUT2D eigenvalue weighted by Crippen LogP contribution is -2.44. The molecule has 1 aliphatic rings. The quantitative estimate of drug-likeness (QED) is 0.706. The van der Waals surface area contributed by atoms with Gasteiger partial charge in [0, 0.05) is 30.1 Å². The second kappa shape index (κ2) is 8.03. The number of rotatable bonds is 6. The van der Waals surface area contributed by atoms with Crippen molar-refractivity contribution >= 4 is 11.8 Å². The number of nitrogens with two attached hydrogens (primary N) is 1. The van der Waals surface area contributed by atoms with Gasteiger partial charge in [0.15, 0.2) is 0 Å². The molecule has 1 fully saturated rings. The van der Waals surface area contributed by atoms with Crippen LogP contribution in [0.5, 0.6) is 0 Å². The molecule has 0 aliphatic heterocycles. The van der Waals surface area contributed by atoms with Crippen LogP contribution in [0.4, 0.5) is 0 Å². The van der Waals surface area contributed by atoms with Crippen LogP contribution in [-0.4, -0.2) is 30.6 Å². The predicted molar refractivity (Wildman–Crippen MR) is 86.0 cm³/mol. The lowest BCUT2D eigenvalue weighted by molar-refractivity contribution is 0.146. The Morgan fingerprint density at radius 1 is 1.30 bits per heavy atom. The average molecular weight is 294 g/mol. The van der Waals surface area contributed by atoms with Gasteiger partial charge in [-0.05, 0) is 42.7 Å². The largest absolute Gasteiger partial charge is 0.396 e. The number of hydrogen-bond acceptors (Lipinski definition) is 4. The van der Waals surface area contributed by atoms with Gasteiger partial charge < -0.3 is 16.2 Å². The Labute approximate surface area is 126 Å². The van der Waals surface area contributed by atoms with Crippen molar-refractivity contribution in [1.29, 1.82) is 0 Å². The highest BCUT2D eigenvalue weighted by Gasteiger charge is 2.26. The van der Waals surface area contributed by atoms with E-state index in [1.54, 1.807) is 11.8 Å². The summed E-state index contributed by atoms with van der Waals surface area (Å²) in [5.41, 5.74) is 7.19. The fourth-order valence-electron chi connectivity index (χ4n) is 3.04. The van der Waals surface area contributed by atoms with Crippen LogP contribution in [0, 0.1) is 5.92 Å². The van der Waals surface area contributed by atoms with Gasteiger partial charge in [0.05, 0.1) is 0 Å². The molecule has 1 aliphatic carbocycles. The van der Waals surface area contributed by atoms with Gasteiger partial charge in [-0.25, -0.2) is 0 Å². The van der Waals surface area contributed by atoms with E-state index in [1.807, 2.05) is 0 Å². The lowest BCUT2D eigenvalue weighted by atomic mass is 9.84. The molecule has 1 aromatic carbocycles. The molecule has 0 saturated heterocycles. The molecule has 3 atom stereocenters. The third-order valence-corrected chi connectivity index (χ3v) is 5.06. The summed E-state index contributed by atoms with van der Waals surface area (Å²) in [4.78, 5) is 1.27. The monoisotopic (exact) mass is 294 g/mol. The van der Waals surface area contributed by atoms with Crippen LogP contribution in [0.2, 0.25) is 0 Å². The van der Waals surface area contributed by atoms with Gasteiger partial charge in [0.1, 0.15) is 0 Å². The maximum absolute atomic E-state index is 9.51. The zero-order valence-corrected chi connectivity index (χ0v) is 13.0. The van der Waals surface area contributed by atoms with Crippen LogP contribution in [0.1, 0.15) is 37.3 Å². The smallest absolute Gasteiger partial charge is 0.0474 e. The predicted octanol–water partition coefficient (Wildman–Crippen LogP) is 2.55. The molecule has 4 heteroatoms. The minimum Gasteiger partial charge on any atom is -0.396 e. The molecule has 1 saturated carbocycles. The van der Waals surface area contributed by atoms with Crippen LogP contribution in [-0.2, 0) is 0 Å². The number of hydrogen-bond donors (Lipinski definition) is 3. The van der Waals surface area contributed by atoms with Gasteiger partial charge in [-0.2, -0.15) is 0 Å². The molecule has 2 rings (SSSR count). The van der Waals surface area contributed by atoms with Crippen molar-refractivity contribution < 1.29 is 5.11 Å². The molecule has 1 aromatic rings. The molecule has 0 aromatic heterocycles. The summed E-state index contributed by atoms with van der Waals surface area (Å²) >= 11 is 1.75. The first kappa shape index (κ1) is 15.8. The van der Waals surface area contributed by atoms with E-state index in [0.717, 1.165) is 12.8 Å². The van der Waals surface area contributed by atoms with Gasteiger partial charge in [-0.1, -0.05) is 25.0 Å². The SMILES string of the molecule is CSc1ccc(C(CN)NC2CCCCC2CO)cc1. The van der Waals surface area contributed by atoms with Crippen molar-refractivity contribution in [1.82, 2.24) is 5.32 Å². The molecular weight excluding hydrogens is 268 g/mol. The average Bonchev–Trinajstić information content (AvgIpc) is 2.53. The number of benzene rings is 1. The van der Waals surface area contributed by atoms with Crippen molar-refractivity contribution in [3.63, 3.8) is 0 Å². The van der Waals surface area contributed by atoms with Crippen molar-refractivity contribution in [3.8, 4) is 0 Å². The fourth-order valence-corrected chi connectivity index (χ4v) is 3.45. The first-order chi connectivity index (χ1) is 9.78. The number of aliphatic hydroxyl groups excluding tert-OH is 1. The standard InChI is InChI=1S/C16H26N2OS/c1-20-14-8-6-12(7-9-14)16(10-17)18-15-5-3-2-4-13(15)11-19/h6-9,13,15-16,18-19H,2-5,10-11,17H2,1H3. The van der Waals surface area contributed by atoms with Gasteiger partial charge in [0.2, 0.25) is 0 Å². The van der Waals surface area contributed by atoms with Crippen molar-refractivity contribution in [2.75, 3.05) is 19.4 Å². The maximum Gasteiger partial charge on any atom is 0.0474 e. The molecular formula is C16H26N2OS. The topological polar surface area (TPSA) is 58.3 Å². The van der Waals surface area contributed by atoms with E-state index in [2.05, 4.69) is 35.8 Å². The lowest BCUT2D eigenvalue weighted by Gasteiger charge is -2.34. The Bertz CT molecular complexity index is 396. The highest BCUT2D eigenvalue weighted by atomic mass is 32.2. The van der Waals surface area contributed by atoms with Gasteiger partial charge >= 0.3 is 0 Å². The molecule has 0 bridgehead atoms. The summed E-state index contributed by atoms with van der Waals surface area (Å²) in [6.07, 6.45) is 6.83. The third kappa shape index (κ3) is 3.98. The Kier molecular flexibility index (Phi) is 6.36. The van der Waals surface area contributed by atoms with E-state index in [9.17, 15) is 5.11 Å². The Balaban J connectivity index is 2.03. The summed E-state index contributed by atoms with van der Waals surface area (Å²) < 4.78 is 0. The van der Waals surface area contributed by atoms with Gasteiger partial charge in [-0.15, -0.1) is 11.8 Å². The minimum absolute atomic E-state index is 0.183. The number of thioether (sulfide) groups is 1. The Hall–Kier alpha value is -0.550. The Morgan fingerprint density at radius 3 is 2.60 bits per heavy atom. The molecule has 112 valence electrons. The van der Waals surface area contributed by atoms with Crippen molar-refractivity contribution in [3.05, 3.63) is 29.8 Å². The number of aliphatic hydroxyl groups is 1. The van der Waals surface area contributed by atoms with Crippen LogP contribution in [0.3, 0.4) is 0 Å². The van der Waals surface area contributed by atoms with Crippen LogP contribution in [0.15, 0.2) is 29.2 Å². The van der Waals surface area contributed by atoms with E-state index in [-0.39, 0.29) is 12.6 Å². The highest BCUT2D eigenvalue weighted by molar-refractivity contribution is 7.98. The molecule has 0 amide bonds. The van der Waals surface area contributed by atoms with Crippen molar-refractivity contribution in [2.24, 2.45) is 11.7 Å². The van der Waals surface area contributed by atoms with Gasteiger partial charge in [-0.3, -0.25) is 0 Å². The molecule has 20 heavy (non-hydrogen) atoms. The fraction of sp³-hybridized carbons (Fsp3) is 0.625. The maximum atomic E-state index is 9.51. The van der Waals surface area contributed by atoms with Crippen LogP contribution < -0.4 is 11.1 Å². The normalized spacial score (nSPS) is 24.6. The molecule has 0 radical (unpaired) electrons. The second-order valence-corrected chi connectivity index (χ2v) is 6.44. The second-order valence-electron chi connectivity index (χ2n) is 5.56. The zero-order valence-electron chi connectivity index (χ0n) is 12.2. The highest BCUT2D eigenvalue weighted by Crippen LogP contribution is 2.27. The molecule has 4 N–H and O–H groups in total. The Morgan fingerprint density at radius 2 is 2.00 bits per heavy atom. The van der Waals surface area contributed by atoms with Crippen molar-refractivity contribution in [2.45, 2.75) is 42.7 Å². The van der Waals surface area contributed by atoms with Crippen LogP contribution >= 0.6 is 11.8 Å². The minimum atomic E-state index is 0.183. The summed E-state index contributed by atoms with van der Waals surface area (Å²) in [5, 5.41) is 13.2. The first-order valence-corrected chi connectivity index (χ1v) is 8.72. The molecule has 3 nitrogen and oxygen atoms in total. The molecule has 0 heterocycles. The van der Waals surface area contributed by atoms with Gasteiger partial charge in [0.25, 0.3) is 0 Å². The third-order valence-electron chi connectivity index (χ3n) is 4.31. The van der Waals surface area contributed by atoms with Crippen LogP contribution in [0.25, 0.3) is 0 Å². The summed E-state index contributed by atoms with van der Waals surface area (Å²) in [7, 11) is 0. The number of nitrogens with one attached hydrogen (secondary N) is 1. The first-order valence-electron chi connectivity index (χ1n) is 7.49. The van der Waals surface area contributed by atoms with E-state index in [4.69, 9.17) is 5.73 Å². The summed E-state index contributed by atoms with van der Waals surface area (Å²) in [6, 6.07) is 9.19.